The quantitative estimate of drug-likeness (QED) is 0.841. The molecule has 1 amide bonds. The third kappa shape index (κ3) is 2.56. The molecular formula is C13H17NO3S. The molecule has 0 saturated carbocycles. The second-order valence-electron chi connectivity index (χ2n) is 4.52. The summed E-state index contributed by atoms with van der Waals surface area (Å²) in [7, 11) is 1.57. The average molecular weight is 267 g/mol. The molecule has 18 heavy (non-hydrogen) atoms. The minimum absolute atomic E-state index is 0.00870. The lowest BCUT2D eigenvalue weighted by Gasteiger charge is -2.23. The highest BCUT2D eigenvalue weighted by Crippen LogP contribution is 2.30. The molecule has 1 aliphatic rings. The van der Waals surface area contributed by atoms with E-state index >= 15 is 0 Å². The third-order valence-electron chi connectivity index (χ3n) is 3.20. The molecule has 2 rings (SSSR count). The normalized spacial score (nSPS) is 19.0. The van der Waals surface area contributed by atoms with Crippen LogP contribution in [0.25, 0.3) is 0 Å². The Morgan fingerprint density at radius 3 is 3.00 bits per heavy atom. The number of hydrogen-bond donors (Lipinski definition) is 0. The summed E-state index contributed by atoms with van der Waals surface area (Å²) >= 11 is 1.39. The van der Waals surface area contributed by atoms with Crippen molar-refractivity contribution >= 4 is 23.0 Å². The minimum atomic E-state index is -0.00870. The highest BCUT2D eigenvalue weighted by Gasteiger charge is 2.31. The summed E-state index contributed by atoms with van der Waals surface area (Å²) in [5, 5.41) is 1.85. The minimum Gasteiger partial charge on any atom is -0.495 e. The van der Waals surface area contributed by atoms with Gasteiger partial charge in [0, 0.05) is 19.0 Å². The molecule has 1 unspecified atom stereocenters. The van der Waals surface area contributed by atoms with Crippen LogP contribution in [0.5, 0.6) is 5.75 Å². The zero-order valence-electron chi connectivity index (χ0n) is 10.6. The van der Waals surface area contributed by atoms with Crippen molar-refractivity contribution in [3.63, 3.8) is 0 Å². The maximum absolute atomic E-state index is 12.4. The van der Waals surface area contributed by atoms with E-state index in [0.29, 0.717) is 17.0 Å². The molecule has 1 aliphatic heterocycles. The van der Waals surface area contributed by atoms with Crippen LogP contribution in [0.4, 0.5) is 0 Å². The number of rotatable bonds is 4. The first kappa shape index (κ1) is 13.1. The third-order valence-corrected chi connectivity index (χ3v) is 4.09. The first-order valence-corrected chi connectivity index (χ1v) is 6.93. The van der Waals surface area contributed by atoms with Crippen LogP contribution in [0.1, 0.15) is 35.9 Å². The lowest BCUT2D eigenvalue weighted by molar-refractivity contribution is -0.117. The lowest BCUT2D eigenvalue weighted by Crippen LogP contribution is -2.36. The fourth-order valence-corrected chi connectivity index (χ4v) is 3.21. The number of hydrogen-bond acceptors (Lipinski definition) is 4. The Morgan fingerprint density at radius 1 is 1.56 bits per heavy atom. The Labute approximate surface area is 111 Å². The van der Waals surface area contributed by atoms with Crippen LogP contribution >= 0.6 is 11.3 Å². The van der Waals surface area contributed by atoms with Gasteiger partial charge in [-0.2, -0.15) is 0 Å². The van der Waals surface area contributed by atoms with Crippen molar-refractivity contribution in [2.75, 3.05) is 13.7 Å². The fourth-order valence-electron chi connectivity index (χ4n) is 2.39. The second-order valence-corrected chi connectivity index (χ2v) is 5.43. The summed E-state index contributed by atoms with van der Waals surface area (Å²) < 4.78 is 5.18. The molecule has 2 heterocycles. The zero-order valence-corrected chi connectivity index (χ0v) is 11.5. The molecule has 4 nitrogen and oxygen atoms in total. The molecule has 1 aromatic heterocycles. The topological polar surface area (TPSA) is 46.6 Å². The molecule has 1 atom stereocenters. The predicted molar refractivity (Wildman–Crippen MR) is 70.2 cm³/mol. The Hall–Kier alpha value is -1.36. The number of ether oxygens (including phenoxy) is 1. The van der Waals surface area contributed by atoms with Gasteiger partial charge in [-0.05, 0) is 31.2 Å². The highest BCUT2D eigenvalue weighted by atomic mass is 32.1. The lowest BCUT2D eigenvalue weighted by atomic mass is 10.1. The van der Waals surface area contributed by atoms with Gasteiger partial charge in [0.15, 0.2) is 0 Å². The van der Waals surface area contributed by atoms with Gasteiger partial charge in [-0.3, -0.25) is 9.59 Å². The second kappa shape index (κ2) is 5.52. The molecule has 0 aliphatic carbocycles. The van der Waals surface area contributed by atoms with Crippen LogP contribution in [0.15, 0.2) is 11.4 Å². The molecule has 0 bridgehead atoms. The van der Waals surface area contributed by atoms with Crippen LogP contribution in [0.2, 0.25) is 0 Å². The van der Waals surface area contributed by atoms with Gasteiger partial charge in [-0.1, -0.05) is 0 Å². The standard InChI is InChI=1S/C13H17NO3S/c1-9(15)8-10-4-3-6-14(10)13(16)12-11(17-2)5-7-18-12/h5,7,10H,3-4,6,8H2,1-2H3. The molecule has 5 heteroatoms. The Kier molecular flexibility index (Phi) is 4.01. The zero-order chi connectivity index (χ0) is 13.1. The van der Waals surface area contributed by atoms with Crippen molar-refractivity contribution in [2.45, 2.75) is 32.2 Å². The molecule has 0 aromatic carbocycles. The number of methoxy groups -OCH3 is 1. The van der Waals surface area contributed by atoms with Gasteiger partial charge < -0.3 is 9.64 Å². The van der Waals surface area contributed by atoms with Crippen LogP contribution < -0.4 is 4.74 Å². The summed E-state index contributed by atoms with van der Waals surface area (Å²) in [5.41, 5.74) is 0. The smallest absolute Gasteiger partial charge is 0.268 e. The van der Waals surface area contributed by atoms with Crippen LogP contribution in [-0.2, 0) is 4.79 Å². The molecule has 1 fully saturated rings. The van der Waals surface area contributed by atoms with E-state index in [1.807, 2.05) is 10.3 Å². The number of nitrogens with zero attached hydrogens (tertiary/aromatic N) is 1. The van der Waals surface area contributed by atoms with Crippen LogP contribution in [0, 0.1) is 0 Å². The molecule has 98 valence electrons. The number of carbonyl (C=O) groups excluding carboxylic acids is 2. The number of carbonyl (C=O) groups is 2. The predicted octanol–water partition coefficient (Wildman–Crippen LogP) is 2.34. The number of Topliss-reactive ketones (excluding diaryl/α,β-unsaturated/α-hetero) is 1. The van der Waals surface area contributed by atoms with E-state index in [9.17, 15) is 9.59 Å². The van der Waals surface area contributed by atoms with Gasteiger partial charge >= 0.3 is 0 Å². The maximum atomic E-state index is 12.4. The molecule has 0 N–H and O–H groups in total. The van der Waals surface area contributed by atoms with E-state index in [1.54, 1.807) is 20.1 Å². The van der Waals surface area contributed by atoms with Crippen molar-refractivity contribution in [1.82, 2.24) is 4.90 Å². The maximum Gasteiger partial charge on any atom is 0.268 e. The summed E-state index contributed by atoms with van der Waals surface area (Å²) in [5.74, 6) is 0.752. The van der Waals surface area contributed by atoms with Crippen molar-refractivity contribution < 1.29 is 14.3 Å². The van der Waals surface area contributed by atoms with Gasteiger partial charge in [0.2, 0.25) is 0 Å². The largest absolute Gasteiger partial charge is 0.495 e. The Bertz CT molecular complexity index is 455. The highest BCUT2D eigenvalue weighted by molar-refractivity contribution is 7.12. The van der Waals surface area contributed by atoms with Crippen LogP contribution in [-0.4, -0.2) is 36.3 Å². The van der Waals surface area contributed by atoms with Crippen molar-refractivity contribution in [3.05, 3.63) is 16.3 Å². The van der Waals surface area contributed by atoms with Crippen molar-refractivity contribution in [3.8, 4) is 5.75 Å². The Morgan fingerprint density at radius 2 is 2.33 bits per heavy atom. The first-order chi connectivity index (χ1) is 8.63. The number of thiophene rings is 1. The summed E-state index contributed by atoms with van der Waals surface area (Å²) in [6.45, 7) is 2.31. The van der Waals surface area contributed by atoms with Crippen molar-refractivity contribution in [1.29, 1.82) is 0 Å². The molecule has 1 aromatic rings. The van der Waals surface area contributed by atoms with Gasteiger partial charge in [-0.15, -0.1) is 11.3 Å². The van der Waals surface area contributed by atoms with Crippen LogP contribution in [0.3, 0.4) is 0 Å². The Balaban J connectivity index is 2.15. The van der Waals surface area contributed by atoms with E-state index in [2.05, 4.69) is 0 Å². The van der Waals surface area contributed by atoms with E-state index in [4.69, 9.17) is 4.74 Å². The van der Waals surface area contributed by atoms with E-state index in [0.717, 1.165) is 19.4 Å². The summed E-state index contributed by atoms with van der Waals surface area (Å²) in [6, 6.07) is 1.86. The monoisotopic (exact) mass is 267 g/mol. The fraction of sp³-hybridized carbons (Fsp3) is 0.538. The molecule has 0 radical (unpaired) electrons. The molecular weight excluding hydrogens is 250 g/mol. The van der Waals surface area contributed by atoms with Gasteiger partial charge in [0.05, 0.1) is 7.11 Å². The number of amides is 1. The number of likely N-dealkylation sites (tertiary alicyclic amines) is 1. The van der Waals surface area contributed by atoms with Gasteiger partial charge in [-0.25, -0.2) is 0 Å². The summed E-state index contributed by atoms with van der Waals surface area (Å²) in [6.07, 6.45) is 2.34. The van der Waals surface area contributed by atoms with E-state index in [-0.39, 0.29) is 17.7 Å². The SMILES string of the molecule is COc1ccsc1C(=O)N1CCCC1CC(C)=O. The van der Waals surface area contributed by atoms with E-state index in [1.165, 1.54) is 11.3 Å². The van der Waals surface area contributed by atoms with Gasteiger partial charge in [0.25, 0.3) is 5.91 Å². The first-order valence-electron chi connectivity index (χ1n) is 6.05. The number of ketones is 1. The van der Waals surface area contributed by atoms with E-state index < -0.39 is 0 Å². The van der Waals surface area contributed by atoms with Gasteiger partial charge in [0.1, 0.15) is 16.4 Å². The molecule has 1 saturated heterocycles. The summed E-state index contributed by atoms with van der Waals surface area (Å²) in [4.78, 5) is 26.1. The molecule has 0 spiro atoms. The average Bonchev–Trinajstić information content (AvgIpc) is 2.95. The van der Waals surface area contributed by atoms with Crippen molar-refractivity contribution in [2.24, 2.45) is 0 Å².